The Kier molecular flexibility index (Phi) is 6.19. The minimum atomic E-state index is -0.0781. The molecule has 1 saturated heterocycles. The zero-order chi connectivity index (χ0) is 21.8. The molecule has 1 heterocycles. The van der Waals surface area contributed by atoms with Crippen LogP contribution in [0.2, 0.25) is 0 Å². The average Bonchev–Trinajstić information content (AvgIpc) is 2.79. The van der Waals surface area contributed by atoms with E-state index in [0.717, 1.165) is 43.0 Å². The van der Waals surface area contributed by atoms with Crippen LogP contribution >= 0.6 is 0 Å². The topological polar surface area (TPSA) is 43.8 Å². The zero-order valence-corrected chi connectivity index (χ0v) is 18.1. The van der Waals surface area contributed by atoms with Crippen molar-refractivity contribution in [2.75, 3.05) is 38.1 Å². The predicted octanol–water partition coefficient (Wildman–Crippen LogP) is 5.02. The van der Waals surface area contributed by atoms with Crippen molar-refractivity contribution in [3.63, 3.8) is 0 Å². The number of phenols is 1. The van der Waals surface area contributed by atoms with Crippen LogP contribution in [-0.2, 0) is 0 Å². The fourth-order valence-electron chi connectivity index (χ4n) is 3.98. The van der Waals surface area contributed by atoms with Crippen LogP contribution in [0.5, 0.6) is 5.75 Å². The molecular weight excluding hydrogens is 384 g/mol. The molecular formula is C27H28N2O2. The van der Waals surface area contributed by atoms with Gasteiger partial charge in [-0.1, -0.05) is 30.3 Å². The number of aryl methyl sites for hydroxylation is 1. The Balaban J connectivity index is 1.69. The van der Waals surface area contributed by atoms with Gasteiger partial charge in [0.25, 0.3) is 0 Å². The number of benzene rings is 3. The number of phenolic OH excluding ortho intramolecular Hbond substituents is 1. The number of hydrogen-bond acceptors (Lipinski definition) is 4. The molecule has 158 valence electrons. The summed E-state index contributed by atoms with van der Waals surface area (Å²) in [5.41, 5.74) is 6.33. The van der Waals surface area contributed by atoms with E-state index in [2.05, 4.69) is 66.2 Å². The Morgan fingerprint density at radius 1 is 0.935 bits per heavy atom. The van der Waals surface area contributed by atoms with Gasteiger partial charge < -0.3 is 14.9 Å². The van der Waals surface area contributed by atoms with Crippen molar-refractivity contribution in [3.8, 4) is 16.9 Å². The summed E-state index contributed by atoms with van der Waals surface area (Å²) >= 11 is 0. The number of aromatic hydroxyl groups is 1. The summed E-state index contributed by atoms with van der Waals surface area (Å²) in [6.45, 7) is 6.10. The summed E-state index contributed by atoms with van der Waals surface area (Å²) in [4.78, 5) is 17.4. The summed E-state index contributed by atoms with van der Waals surface area (Å²) in [5, 5.41) is 9.47. The molecule has 0 spiro atoms. The van der Waals surface area contributed by atoms with E-state index in [4.69, 9.17) is 0 Å². The van der Waals surface area contributed by atoms with Gasteiger partial charge in [-0.05, 0) is 84.8 Å². The third-order valence-corrected chi connectivity index (χ3v) is 5.89. The molecule has 0 aromatic heterocycles. The molecule has 4 nitrogen and oxygen atoms in total. The first-order valence-electron chi connectivity index (χ1n) is 10.7. The summed E-state index contributed by atoms with van der Waals surface area (Å²) in [5.74, 6) is 0.0782. The first-order valence-corrected chi connectivity index (χ1v) is 10.7. The molecule has 0 amide bonds. The zero-order valence-electron chi connectivity index (χ0n) is 18.1. The second-order valence-corrected chi connectivity index (χ2v) is 8.12. The van der Waals surface area contributed by atoms with Gasteiger partial charge in [0.15, 0.2) is 5.78 Å². The third-order valence-electron chi connectivity index (χ3n) is 5.89. The smallest absolute Gasteiger partial charge is 0.185 e. The van der Waals surface area contributed by atoms with Crippen LogP contribution in [0.15, 0.2) is 72.8 Å². The Hall–Kier alpha value is -3.37. The van der Waals surface area contributed by atoms with Crippen LogP contribution in [0, 0.1) is 6.92 Å². The molecule has 3 aromatic rings. The molecule has 4 heteroatoms. The summed E-state index contributed by atoms with van der Waals surface area (Å²) in [6.07, 6.45) is 3.55. The highest BCUT2D eigenvalue weighted by molar-refractivity contribution is 6.07. The Morgan fingerprint density at radius 3 is 2.35 bits per heavy atom. The van der Waals surface area contributed by atoms with E-state index in [1.807, 2.05) is 6.08 Å². The highest BCUT2D eigenvalue weighted by Crippen LogP contribution is 2.31. The monoisotopic (exact) mass is 412 g/mol. The van der Waals surface area contributed by atoms with Crippen molar-refractivity contribution in [2.24, 2.45) is 0 Å². The highest BCUT2D eigenvalue weighted by atomic mass is 16.3. The van der Waals surface area contributed by atoms with E-state index in [1.54, 1.807) is 18.2 Å². The van der Waals surface area contributed by atoms with Crippen molar-refractivity contribution in [2.45, 2.75) is 6.92 Å². The first kappa shape index (κ1) is 20.9. The van der Waals surface area contributed by atoms with Gasteiger partial charge in [-0.2, -0.15) is 0 Å². The lowest BCUT2D eigenvalue weighted by Gasteiger charge is -2.35. The standard InChI is InChI=1S/C27H28N2O2/c1-20-5-3-4-6-25(20)22-9-13-26(29-17-15-28(2)16-18-29)23(19-22)10-14-27(31)21-7-11-24(30)12-8-21/h3-14,19,30H,15-18H2,1-2H3/b14-10+. The fourth-order valence-corrected chi connectivity index (χ4v) is 3.98. The van der Waals surface area contributed by atoms with Crippen LogP contribution in [0.3, 0.4) is 0 Å². The number of carbonyl (C=O) groups is 1. The molecule has 31 heavy (non-hydrogen) atoms. The van der Waals surface area contributed by atoms with Gasteiger partial charge in [0.1, 0.15) is 5.75 Å². The Labute approximate surface area is 184 Å². The lowest BCUT2D eigenvalue weighted by molar-refractivity contribution is 0.104. The molecule has 0 unspecified atom stereocenters. The molecule has 0 saturated carbocycles. The van der Waals surface area contributed by atoms with Gasteiger partial charge in [-0.25, -0.2) is 0 Å². The molecule has 1 N–H and O–H groups in total. The predicted molar refractivity (Wildman–Crippen MR) is 128 cm³/mol. The molecule has 3 aromatic carbocycles. The van der Waals surface area contributed by atoms with Crippen molar-refractivity contribution < 1.29 is 9.90 Å². The van der Waals surface area contributed by atoms with Gasteiger partial charge in [0.05, 0.1) is 0 Å². The minimum Gasteiger partial charge on any atom is -0.508 e. The number of hydrogen-bond donors (Lipinski definition) is 1. The highest BCUT2D eigenvalue weighted by Gasteiger charge is 2.17. The van der Waals surface area contributed by atoms with Gasteiger partial charge in [0, 0.05) is 37.4 Å². The normalized spacial score (nSPS) is 14.8. The maximum absolute atomic E-state index is 12.7. The molecule has 1 aliphatic heterocycles. The largest absolute Gasteiger partial charge is 0.508 e. The van der Waals surface area contributed by atoms with E-state index in [9.17, 15) is 9.90 Å². The number of anilines is 1. The second kappa shape index (κ2) is 9.19. The molecule has 1 aliphatic rings. The van der Waals surface area contributed by atoms with Gasteiger partial charge in [-0.3, -0.25) is 4.79 Å². The van der Waals surface area contributed by atoms with E-state index >= 15 is 0 Å². The number of likely N-dealkylation sites (N-methyl/N-ethyl adjacent to an activating group) is 1. The SMILES string of the molecule is Cc1ccccc1-c1ccc(N2CCN(C)CC2)c(/C=C/C(=O)c2ccc(O)cc2)c1. The number of carbonyl (C=O) groups excluding carboxylic acids is 1. The van der Waals surface area contributed by atoms with Gasteiger partial charge in [0.2, 0.25) is 0 Å². The van der Waals surface area contributed by atoms with Crippen molar-refractivity contribution in [1.29, 1.82) is 0 Å². The van der Waals surface area contributed by atoms with Crippen molar-refractivity contribution >= 4 is 17.5 Å². The van der Waals surface area contributed by atoms with Gasteiger partial charge in [-0.15, -0.1) is 0 Å². The number of rotatable bonds is 5. The summed E-state index contributed by atoms with van der Waals surface area (Å²) in [6, 6.07) is 21.3. The molecule has 0 aliphatic carbocycles. The van der Waals surface area contributed by atoms with E-state index in [0.29, 0.717) is 5.56 Å². The number of piperazine rings is 1. The fraction of sp³-hybridized carbons (Fsp3) is 0.222. The van der Waals surface area contributed by atoms with Crippen LogP contribution in [-0.4, -0.2) is 49.0 Å². The van der Waals surface area contributed by atoms with E-state index in [1.165, 1.54) is 23.3 Å². The lowest BCUT2D eigenvalue weighted by atomic mass is 9.97. The molecule has 0 bridgehead atoms. The first-order chi connectivity index (χ1) is 15.0. The van der Waals surface area contributed by atoms with Crippen LogP contribution < -0.4 is 4.90 Å². The quantitative estimate of drug-likeness (QED) is 0.472. The van der Waals surface area contributed by atoms with E-state index in [-0.39, 0.29) is 11.5 Å². The number of ketones is 1. The summed E-state index contributed by atoms with van der Waals surface area (Å²) < 4.78 is 0. The third kappa shape index (κ3) is 4.86. The van der Waals surface area contributed by atoms with Crippen LogP contribution in [0.25, 0.3) is 17.2 Å². The average molecular weight is 413 g/mol. The maximum Gasteiger partial charge on any atom is 0.185 e. The van der Waals surface area contributed by atoms with Crippen LogP contribution in [0.1, 0.15) is 21.5 Å². The molecule has 0 atom stereocenters. The maximum atomic E-state index is 12.7. The summed E-state index contributed by atoms with van der Waals surface area (Å²) in [7, 11) is 2.15. The second-order valence-electron chi connectivity index (χ2n) is 8.12. The van der Waals surface area contributed by atoms with Crippen molar-refractivity contribution in [3.05, 3.63) is 89.5 Å². The van der Waals surface area contributed by atoms with Crippen LogP contribution in [0.4, 0.5) is 5.69 Å². The van der Waals surface area contributed by atoms with E-state index < -0.39 is 0 Å². The molecule has 0 radical (unpaired) electrons. The number of nitrogens with zero attached hydrogens (tertiary/aromatic N) is 2. The number of allylic oxidation sites excluding steroid dienone is 1. The Morgan fingerprint density at radius 2 is 1.65 bits per heavy atom. The molecule has 1 fully saturated rings. The van der Waals surface area contributed by atoms with Gasteiger partial charge >= 0.3 is 0 Å². The minimum absolute atomic E-state index is 0.0781. The lowest BCUT2D eigenvalue weighted by Crippen LogP contribution is -2.44. The van der Waals surface area contributed by atoms with Crippen molar-refractivity contribution in [1.82, 2.24) is 4.90 Å². The molecule has 4 rings (SSSR count). The Bertz CT molecular complexity index is 1090.